The Labute approximate surface area is 124 Å². The number of nitro benzene ring substituents is 1. The first-order chi connectivity index (χ1) is 9.91. The van der Waals surface area contributed by atoms with Crippen LogP contribution in [-0.4, -0.2) is 52.9 Å². The number of ether oxygens (including phenoxy) is 1. The minimum atomic E-state index is -0.338. The van der Waals surface area contributed by atoms with E-state index in [2.05, 4.69) is 4.90 Å². The van der Waals surface area contributed by atoms with Crippen molar-refractivity contribution >= 4 is 5.69 Å². The third kappa shape index (κ3) is 4.23. The Kier molecular flexibility index (Phi) is 4.92. The molecule has 1 aliphatic rings. The molecule has 1 saturated heterocycles. The predicted octanol–water partition coefficient (Wildman–Crippen LogP) is 1.61. The first-order valence-corrected chi connectivity index (χ1v) is 7.14. The topological polar surface area (TPSA) is 75.8 Å². The number of benzene rings is 1. The summed E-state index contributed by atoms with van der Waals surface area (Å²) in [6.07, 6.45) is 0.422. The van der Waals surface area contributed by atoms with Crippen molar-refractivity contribution in [2.75, 3.05) is 26.2 Å². The van der Waals surface area contributed by atoms with Gasteiger partial charge in [-0.05, 0) is 20.3 Å². The Morgan fingerprint density at radius 3 is 2.86 bits per heavy atom. The third-order valence-corrected chi connectivity index (χ3v) is 3.64. The van der Waals surface area contributed by atoms with Crippen molar-refractivity contribution < 1.29 is 14.8 Å². The van der Waals surface area contributed by atoms with Gasteiger partial charge in [0.25, 0.3) is 5.69 Å². The van der Waals surface area contributed by atoms with Crippen molar-refractivity contribution in [3.05, 3.63) is 39.9 Å². The number of nitro groups is 1. The molecule has 6 nitrogen and oxygen atoms in total. The lowest BCUT2D eigenvalue weighted by Gasteiger charge is -2.42. The van der Waals surface area contributed by atoms with Crippen molar-refractivity contribution in [2.45, 2.75) is 32.0 Å². The lowest BCUT2D eigenvalue weighted by Crippen LogP contribution is -2.54. The third-order valence-electron chi connectivity index (χ3n) is 3.64. The largest absolute Gasteiger partial charge is 0.394 e. The molecule has 1 aromatic carbocycles. The molecule has 0 bridgehead atoms. The summed E-state index contributed by atoms with van der Waals surface area (Å²) in [4.78, 5) is 12.9. The second kappa shape index (κ2) is 6.51. The lowest BCUT2D eigenvalue weighted by molar-refractivity contribution is -0.385. The van der Waals surface area contributed by atoms with Gasteiger partial charge in [-0.2, -0.15) is 0 Å². The predicted molar refractivity (Wildman–Crippen MR) is 79.3 cm³/mol. The molecule has 6 heteroatoms. The highest BCUT2D eigenvalue weighted by atomic mass is 16.6. The van der Waals surface area contributed by atoms with Gasteiger partial charge in [0.05, 0.1) is 23.2 Å². The number of hydrogen-bond donors (Lipinski definition) is 1. The molecule has 1 aliphatic heterocycles. The minimum absolute atomic E-state index is 0.00852. The van der Waals surface area contributed by atoms with Crippen LogP contribution in [-0.2, 0) is 11.2 Å². The molecule has 21 heavy (non-hydrogen) atoms. The fourth-order valence-electron chi connectivity index (χ4n) is 2.86. The summed E-state index contributed by atoms with van der Waals surface area (Å²) in [6.45, 7) is 6.10. The van der Waals surface area contributed by atoms with Gasteiger partial charge in [0.15, 0.2) is 0 Å². The van der Waals surface area contributed by atoms with Crippen molar-refractivity contribution in [3.63, 3.8) is 0 Å². The number of aliphatic hydroxyl groups excluding tert-OH is 1. The SMILES string of the molecule is CC1(C)CN(CCc2ccccc2[N+](=O)[O-])CC(CO)O1. The van der Waals surface area contributed by atoms with Gasteiger partial charge in [-0.15, -0.1) is 0 Å². The van der Waals surface area contributed by atoms with E-state index in [-0.39, 0.29) is 28.9 Å². The molecule has 1 N–H and O–H groups in total. The molecule has 1 atom stereocenters. The number of hydrogen-bond acceptors (Lipinski definition) is 5. The number of para-hydroxylation sites is 1. The normalized spacial score (nSPS) is 22.1. The Hall–Kier alpha value is -1.50. The standard InChI is InChI=1S/C15H22N2O4/c1-15(2)11-16(9-13(10-18)21-15)8-7-12-5-3-4-6-14(12)17(19)20/h3-6,13,18H,7-11H2,1-2H3. The van der Waals surface area contributed by atoms with Crippen LogP contribution in [0.1, 0.15) is 19.4 Å². The van der Waals surface area contributed by atoms with Gasteiger partial charge < -0.3 is 9.84 Å². The molecule has 0 radical (unpaired) electrons. The molecule has 2 rings (SSSR count). The fraction of sp³-hybridized carbons (Fsp3) is 0.600. The van der Waals surface area contributed by atoms with E-state index in [1.807, 2.05) is 19.9 Å². The van der Waals surface area contributed by atoms with Crippen LogP contribution < -0.4 is 0 Å². The van der Waals surface area contributed by atoms with Gasteiger partial charge in [-0.3, -0.25) is 15.0 Å². The highest BCUT2D eigenvalue weighted by Gasteiger charge is 2.32. The highest BCUT2D eigenvalue weighted by Crippen LogP contribution is 2.23. The van der Waals surface area contributed by atoms with E-state index in [0.29, 0.717) is 19.5 Å². The van der Waals surface area contributed by atoms with E-state index in [9.17, 15) is 15.2 Å². The van der Waals surface area contributed by atoms with Crippen LogP contribution in [0.3, 0.4) is 0 Å². The summed E-state index contributed by atoms with van der Waals surface area (Å²) in [6, 6.07) is 6.84. The molecule has 0 aromatic heterocycles. The molecule has 116 valence electrons. The monoisotopic (exact) mass is 294 g/mol. The average molecular weight is 294 g/mol. The van der Waals surface area contributed by atoms with Crippen LogP contribution in [0, 0.1) is 10.1 Å². The fourth-order valence-corrected chi connectivity index (χ4v) is 2.86. The molecule has 0 saturated carbocycles. The molecule has 0 amide bonds. The summed E-state index contributed by atoms with van der Waals surface area (Å²) in [7, 11) is 0. The quantitative estimate of drug-likeness (QED) is 0.659. The van der Waals surface area contributed by atoms with Gasteiger partial charge in [0.1, 0.15) is 0 Å². The molecule has 1 unspecified atom stereocenters. The number of nitrogens with zero attached hydrogens (tertiary/aromatic N) is 2. The smallest absolute Gasteiger partial charge is 0.272 e. The maximum absolute atomic E-state index is 11.0. The van der Waals surface area contributed by atoms with Crippen molar-refractivity contribution in [1.82, 2.24) is 4.90 Å². The lowest BCUT2D eigenvalue weighted by atomic mass is 10.0. The second-order valence-electron chi connectivity index (χ2n) is 6.05. The molecule has 0 aliphatic carbocycles. The van der Waals surface area contributed by atoms with Gasteiger partial charge in [-0.1, -0.05) is 18.2 Å². The van der Waals surface area contributed by atoms with Crippen LogP contribution in [0.2, 0.25) is 0 Å². The molecular weight excluding hydrogens is 272 g/mol. The van der Waals surface area contributed by atoms with Crippen molar-refractivity contribution in [3.8, 4) is 0 Å². The van der Waals surface area contributed by atoms with E-state index in [0.717, 1.165) is 12.1 Å². The van der Waals surface area contributed by atoms with Crippen LogP contribution in [0.4, 0.5) is 5.69 Å². The number of morpholine rings is 1. The summed E-state index contributed by atoms with van der Waals surface area (Å²) in [5, 5.41) is 20.3. The molecule has 1 fully saturated rings. The van der Waals surface area contributed by atoms with Crippen LogP contribution in [0.15, 0.2) is 24.3 Å². The molecule has 0 spiro atoms. The van der Waals surface area contributed by atoms with E-state index < -0.39 is 0 Å². The van der Waals surface area contributed by atoms with Gasteiger partial charge >= 0.3 is 0 Å². The highest BCUT2D eigenvalue weighted by molar-refractivity contribution is 5.39. The van der Waals surface area contributed by atoms with E-state index >= 15 is 0 Å². The number of rotatable bonds is 5. The van der Waals surface area contributed by atoms with Gasteiger partial charge in [-0.25, -0.2) is 0 Å². The summed E-state index contributed by atoms with van der Waals surface area (Å²) in [5.74, 6) is 0. The number of aliphatic hydroxyl groups is 1. The van der Waals surface area contributed by atoms with E-state index in [1.54, 1.807) is 12.1 Å². The zero-order valence-electron chi connectivity index (χ0n) is 12.5. The van der Waals surface area contributed by atoms with Crippen molar-refractivity contribution in [1.29, 1.82) is 0 Å². The average Bonchev–Trinajstić information content (AvgIpc) is 2.43. The molecule has 1 aromatic rings. The zero-order valence-corrected chi connectivity index (χ0v) is 12.5. The summed E-state index contributed by atoms with van der Waals surface area (Å²) >= 11 is 0. The van der Waals surface area contributed by atoms with Crippen molar-refractivity contribution in [2.24, 2.45) is 0 Å². The first kappa shape index (κ1) is 15.9. The first-order valence-electron chi connectivity index (χ1n) is 7.14. The van der Waals surface area contributed by atoms with Gasteiger partial charge in [0.2, 0.25) is 0 Å². The van der Waals surface area contributed by atoms with Crippen LogP contribution in [0.25, 0.3) is 0 Å². The minimum Gasteiger partial charge on any atom is -0.394 e. The second-order valence-corrected chi connectivity index (χ2v) is 6.05. The Morgan fingerprint density at radius 2 is 2.19 bits per heavy atom. The summed E-state index contributed by atoms with van der Waals surface area (Å²) in [5.41, 5.74) is 0.602. The maximum atomic E-state index is 11.0. The maximum Gasteiger partial charge on any atom is 0.272 e. The summed E-state index contributed by atoms with van der Waals surface area (Å²) < 4.78 is 5.77. The Bertz CT molecular complexity index is 504. The Balaban J connectivity index is 2.01. The van der Waals surface area contributed by atoms with E-state index in [4.69, 9.17) is 4.74 Å². The van der Waals surface area contributed by atoms with E-state index in [1.165, 1.54) is 6.07 Å². The van der Waals surface area contributed by atoms with Crippen LogP contribution >= 0.6 is 0 Å². The molecule has 1 heterocycles. The Morgan fingerprint density at radius 1 is 1.48 bits per heavy atom. The van der Waals surface area contributed by atoms with Gasteiger partial charge in [0, 0.05) is 31.3 Å². The molecular formula is C15H22N2O4. The zero-order chi connectivity index (χ0) is 15.5. The van der Waals surface area contributed by atoms with Crippen LogP contribution in [0.5, 0.6) is 0 Å².